The number of fused-ring (bicyclic) bond motifs is 3. The molecule has 2 aliphatic rings. The first-order valence-corrected chi connectivity index (χ1v) is 15.5. The number of thiazole rings is 1. The predicted octanol–water partition coefficient (Wildman–Crippen LogP) is 5.77. The Bertz CT molecular complexity index is 2170. The molecule has 1 aliphatic carbocycles. The van der Waals surface area contributed by atoms with Crippen LogP contribution in [0.15, 0.2) is 98.6 Å². The number of rotatable bonds is 7. The summed E-state index contributed by atoms with van der Waals surface area (Å²) in [4.78, 5) is 32.2. The van der Waals surface area contributed by atoms with Crippen molar-refractivity contribution in [1.29, 1.82) is 0 Å². The van der Waals surface area contributed by atoms with E-state index in [1.807, 2.05) is 42.5 Å². The van der Waals surface area contributed by atoms with Crippen molar-refractivity contribution >= 4 is 29.1 Å². The van der Waals surface area contributed by atoms with Gasteiger partial charge in [-0.1, -0.05) is 47.7 Å². The van der Waals surface area contributed by atoms with Crippen molar-refractivity contribution in [2.45, 2.75) is 25.8 Å². The fourth-order valence-corrected chi connectivity index (χ4v) is 7.06. The number of allylic oxidation sites excluding steroid dienone is 1. The molecule has 7 rings (SSSR count). The van der Waals surface area contributed by atoms with E-state index < -0.39 is 6.04 Å². The van der Waals surface area contributed by atoms with Gasteiger partial charge in [-0.3, -0.25) is 9.36 Å². The van der Waals surface area contributed by atoms with E-state index >= 15 is 0 Å². The van der Waals surface area contributed by atoms with Crippen molar-refractivity contribution in [2.24, 2.45) is 4.99 Å². The third kappa shape index (κ3) is 5.09. The third-order valence-corrected chi connectivity index (χ3v) is 9.15. The van der Waals surface area contributed by atoms with E-state index in [1.165, 1.54) is 16.9 Å². The zero-order valence-corrected chi connectivity index (χ0v) is 25.9. The van der Waals surface area contributed by atoms with Crippen molar-refractivity contribution in [3.63, 3.8) is 0 Å². The summed E-state index contributed by atoms with van der Waals surface area (Å²) in [5.41, 5.74) is 6.16. The molecular weight excluding hydrogens is 588 g/mol. The van der Waals surface area contributed by atoms with Gasteiger partial charge in [0.1, 0.15) is 23.0 Å². The van der Waals surface area contributed by atoms with Gasteiger partial charge in [-0.15, -0.1) is 0 Å². The van der Waals surface area contributed by atoms with Gasteiger partial charge in [-0.2, -0.15) is 0 Å². The number of carbonyl (C=O) groups excluding carboxylic acids is 1. The minimum absolute atomic E-state index is 0.165. The smallest absolute Gasteiger partial charge is 0.338 e. The number of ether oxygens (including phenoxy) is 3. The Morgan fingerprint density at radius 3 is 2.71 bits per heavy atom. The van der Waals surface area contributed by atoms with Crippen LogP contribution in [0.4, 0.5) is 0 Å². The van der Waals surface area contributed by atoms with Gasteiger partial charge in [0.25, 0.3) is 5.56 Å². The number of methoxy groups -OCH3 is 2. The van der Waals surface area contributed by atoms with E-state index in [1.54, 1.807) is 50.0 Å². The number of esters is 1. The van der Waals surface area contributed by atoms with E-state index in [4.69, 9.17) is 23.6 Å². The van der Waals surface area contributed by atoms with Crippen molar-refractivity contribution in [3.8, 4) is 22.8 Å². The molecule has 3 aromatic carbocycles. The number of carbonyl (C=O) groups is 1. The Balaban J connectivity index is 1.37. The van der Waals surface area contributed by atoms with Gasteiger partial charge < -0.3 is 18.6 Å². The molecule has 45 heavy (non-hydrogen) atoms. The molecule has 0 saturated carbocycles. The van der Waals surface area contributed by atoms with Gasteiger partial charge in [0.15, 0.2) is 4.80 Å². The second-order valence-electron chi connectivity index (χ2n) is 10.7. The number of aryl methyl sites for hydroxylation is 1. The lowest BCUT2D eigenvalue weighted by molar-refractivity contribution is 0.0526. The highest BCUT2D eigenvalue weighted by molar-refractivity contribution is 7.07. The van der Waals surface area contributed by atoms with Gasteiger partial charge in [0, 0.05) is 22.8 Å². The van der Waals surface area contributed by atoms with E-state index in [9.17, 15) is 9.59 Å². The summed E-state index contributed by atoms with van der Waals surface area (Å²) >= 11 is 1.33. The summed E-state index contributed by atoms with van der Waals surface area (Å²) in [5, 5.41) is 0. The topological polar surface area (TPSA) is 92.3 Å². The van der Waals surface area contributed by atoms with E-state index in [0.717, 1.165) is 40.8 Å². The summed E-state index contributed by atoms with van der Waals surface area (Å²) < 4.78 is 25.0. The molecule has 9 heteroatoms. The Labute approximate surface area is 263 Å². The van der Waals surface area contributed by atoms with Gasteiger partial charge in [0.2, 0.25) is 0 Å². The molecule has 1 aliphatic heterocycles. The lowest BCUT2D eigenvalue weighted by Gasteiger charge is -2.31. The molecule has 0 fully saturated rings. The number of aromatic nitrogens is 1. The lowest BCUT2D eigenvalue weighted by atomic mass is 9.83. The normalized spacial score (nSPS) is 15.5. The second-order valence-corrected chi connectivity index (χ2v) is 11.7. The van der Waals surface area contributed by atoms with Crippen molar-refractivity contribution in [2.75, 3.05) is 20.8 Å². The first-order valence-electron chi connectivity index (χ1n) is 14.7. The molecule has 0 radical (unpaired) electrons. The van der Waals surface area contributed by atoms with E-state index in [-0.39, 0.29) is 11.5 Å². The van der Waals surface area contributed by atoms with Crippen molar-refractivity contribution in [1.82, 2.24) is 4.57 Å². The number of nitrogens with zero attached hydrogens (tertiary/aromatic N) is 2. The highest BCUT2D eigenvalue weighted by atomic mass is 32.1. The number of hydrogen-bond donors (Lipinski definition) is 0. The SMILES string of the molecule is CCOC(=O)c1cccc(-c2ccc(/C=c3/sc4n(c3=O)C(c3cc(OC)ccc3OC)C3=C(N=4)c4ccccc4CC3)o2)c1. The Morgan fingerprint density at radius 1 is 1.02 bits per heavy atom. The van der Waals surface area contributed by atoms with Crippen LogP contribution >= 0.6 is 11.3 Å². The maximum Gasteiger partial charge on any atom is 0.338 e. The molecule has 5 aromatic rings. The summed E-state index contributed by atoms with van der Waals surface area (Å²) in [7, 11) is 3.26. The molecule has 0 saturated heterocycles. The zero-order chi connectivity index (χ0) is 31.1. The van der Waals surface area contributed by atoms with Gasteiger partial charge in [-0.25, -0.2) is 9.79 Å². The van der Waals surface area contributed by atoms with Crippen LogP contribution in [0.5, 0.6) is 11.5 Å². The fourth-order valence-electron chi connectivity index (χ4n) is 6.08. The molecule has 3 heterocycles. The summed E-state index contributed by atoms with van der Waals surface area (Å²) in [6.45, 7) is 2.07. The maximum absolute atomic E-state index is 14.2. The third-order valence-electron chi connectivity index (χ3n) is 8.16. The standard InChI is InChI=1S/C36H30N2O6S/c1-4-43-35(40)23-10-7-9-22(18-23)29-16-14-25(44-29)20-31-34(39)38-33(28-19-24(41-2)13-17-30(28)42-3)27-15-12-21-8-5-6-11-26(21)32(27)37-36(38)45-31/h5-11,13-14,16-20,33H,4,12,15H2,1-3H3/b31-20+. The highest BCUT2D eigenvalue weighted by Crippen LogP contribution is 2.44. The minimum atomic E-state index is -0.422. The van der Waals surface area contributed by atoms with E-state index in [0.29, 0.717) is 44.5 Å². The van der Waals surface area contributed by atoms with Crippen LogP contribution in [-0.2, 0) is 11.2 Å². The number of benzene rings is 3. The van der Waals surface area contributed by atoms with Crippen LogP contribution < -0.4 is 24.4 Å². The highest BCUT2D eigenvalue weighted by Gasteiger charge is 2.34. The Morgan fingerprint density at radius 2 is 1.89 bits per heavy atom. The predicted molar refractivity (Wildman–Crippen MR) is 172 cm³/mol. The lowest BCUT2D eigenvalue weighted by Crippen LogP contribution is -2.39. The summed E-state index contributed by atoms with van der Waals surface area (Å²) in [5.74, 6) is 2.05. The van der Waals surface area contributed by atoms with Crippen LogP contribution in [0, 0.1) is 0 Å². The van der Waals surface area contributed by atoms with Crippen LogP contribution in [-0.4, -0.2) is 31.4 Å². The quantitative estimate of drug-likeness (QED) is 0.215. The first-order chi connectivity index (χ1) is 22.0. The number of furan rings is 1. The number of hydrogen-bond acceptors (Lipinski definition) is 8. The average Bonchev–Trinajstić information content (AvgIpc) is 3.67. The van der Waals surface area contributed by atoms with Crippen LogP contribution in [0.25, 0.3) is 23.1 Å². The molecule has 1 atom stereocenters. The summed E-state index contributed by atoms with van der Waals surface area (Å²) in [6.07, 6.45) is 3.36. The zero-order valence-electron chi connectivity index (χ0n) is 25.0. The molecule has 1 unspecified atom stereocenters. The molecule has 0 amide bonds. The molecule has 0 bridgehead atoms. The van der Waals surface area contributed by atoms with E-state index in [2.05, 4.69) is 18.2 Å². The van der Waals surface area contributed by atoms with Crippen molar-refractivity contribution in [3.05, 3.63) is 132 Å². The van der Waals surface area contributed by atoms with Crippen LogP contribution in [0.2, 0.25) is 0 Å². The van der Waals surface area contributed by atoms with Gasteiger partial charge in [-0.05, 0) is 73.4 Å². The molecule has 0 N–H and O–H groups in total. The maximum atomic E-state index is 14.2. The largest absolute Gasteiger partial charge is 0.497 e. The Kier molecular flexibility index (Phi) is 7.47. The average molecular weight is 619 g/mol. The molecule has 226 valence electrons. The van der Waals surface area contributed by atoms with Crippen LogP contribution in [0.3, 0.4) is 0 Å². The second kappa shape index (κ2) is 11.7. The summed E-state index contributed by atoms with van der Waals surface area (Å²) in [6, 6.07) is 24.3. The molecule has 0 spiro atoms. The fraction of sp³-hybridized carbons (Fsp3) is 0.194. The minimum Gasteiger partial charge on any atom is -0.497 e. The van der Waals surface area contributed by atoms with Crippen LogP contribution in [0.1, 0.15) is 52.2 Å². The van der Waals surface area contributed by atoms with Gasteiger partial charge >= 0.3 is 5.97 Å². The molecule has 8 nitrogen and oxygen atoms in total. The molecular formula is C36H30N2O6S. The van der Waals surface area contributed by atoms with Crippen molar-refractivity contribution < 1.29 is 23.4 Å². The molecule has 2 aromatic heterocycles. The van der Waals surface area contributed by atoms with Gasteiger partial charge in [0.05, 0.1) is 42.7 Å². The monoisotopic (exact) mass is 618 g/mol. The first kappa shape index (κ1) is 28.6. The Hall–Kier alpha value is -5.15.